The molecule has 0 heterocycles. The third-order valence-corrected chi connectivity index (χ3v) is 1.50. The average molecular weight is 207 g/mol. The number of urea groups is 2. The van der Waals surface area contributed by atoms with E-state index >= 15 is 0 Å². The van der Waals surface area contributed by atoms with E-state index in [9.17, 15) is 14.4 Å². The zero-order valence-electron chi connectivity index (χ0n) is 7.69. The van der Waals surface area contributed by atoms with Crippen LogP contribution in [0.2, 0.25) is 0 Å². The van der Waals surface area contributed by atoms with E-state index in [-0.39, 0.29) is 0 Å². The van der Waals surface area contributed by atoms with Crippen LogP contribution in [0.1, 0.15) is 10.4 Å². The molecule has 1 aromatic rings. The Bertz CT molecular complexity index is 389. The molecule has 6 nitrogen and oxygen atoms in total. The molecular weight excluding hydrogens is 198 g/mol. The van der Waals surface area contributed by atoms with Gasteiger partial charge in [0.1, 0.15) is 0 Å². The number of hydrogen-bond donors (Lipinski definition) is 3. The number of primary amides is 1. The summed E-state index contributed by atoms with van der Waals surface area (Å²) < 4.78 is 0. The van der Waals surface area contributed by atoms with Gasteiger partial charge in [-0.3, -0.25) is 15.4 Å². The van der Waals surface area contributed by atoms with Crippen LogP contribution in [0, 0.1) is 0 Å². The van der Waals surface area contributed by atoms with Crippen molar-refractivity contribution in [2.45, 2.75) is 0 Å². The maximum atomic E-state index is 11.3. The van der Waals surface area contributed by atoms with Crippen LogP contribution in [-0.2, 0) is 0 Å². The largest absolute Gasteiger partial charge is 0.351 e. The number of benzene rings is 1. The summed E-state index contributed by atoms with van der Waals surface area (Å²) in [6.07, 6.45) is 0. The Labute approximate surface area is 85.5 Å². The molecule has 0 radical (unpaired) electrons. The summed E-state index contributed by atoms with van der Waals surface area (Å²) in [7, 11) is 0. The summed E-state index contributed by atoms with van der Waals surface area (Å²) >= 11 is 0. The minimum absolute atomic E-state index is 0.317. The second-order valence-corrected chi connectivity index (χ2v) is 2.64. The van der Waals surface area contributed by atoms with Crippen molar-refractivity contribution in [2.24, 2.45) is 5.73 Å². The quantitative estimate of drug-likeness (QED) is 0.613. The Morgan fingerprint density at radius 2 is 1.60 bits per heavy atom. The molecule has 0 saturated heterocycles. The van der Waals surface area contributed by atoms with Crippen LogP contribution in [-0.4, -0.2) is 18.0 Å². The third kappa shape index (κ3) is 3.47. The van der Waals surface area contributed by atoms with Crippen molar-refractivity contribution >= 4 is 18.0 Å². The lowest BCUT2D eigenvalue weighted by atomic mass is 10.2. The Morgan fingerprint density at radius 3 is 2.13 bits per heavy atom. The van der Waals surface area contributed by atoms with Crippen molar-refractivity contribution < 1.29 is 14.4 Å². The second kappa shape index (κ2) is 4.75. The molecular formula is C9H9N3O3. The van der Waals surface area contributed by atoms with Gasteiger partial charge >= 0.3 is 12.1 Å². The highest BCUT2D eigenvalue weighted by molar-refractivity contribution is 6.07. The Balaban J connectivity index is 2.57. The van der Waals surface area contributed by atoms with E-state index in [2.05, 4.69) is 5.73 Å². The molecule has 0 atom stereocenters. The number of amides is 5. The van der Waals surface area contributed by atoms with Crippen molar-refractivity contribution in [3.8, 4) is 0 Å². The van der Waals surface area contributed by atoms with Crippen LogP contribution in [0.15, 0.2) is 30.3 Å². The highest BCUT2D eigenvalue weighted by Gasteiger charge is 2.10. The van der Waals surface area contributed by atoms with Gasteiger partial charge in [0.05, 0.1) is 0 Å². The summed E-state index contributed by atoms with van der Waals surface area (Å²) in [5, 5.41) is 3.65. The maximum absolute atomic E-state index is 11.3. The van der Waals surface area contributed by atoms with Gasteiger partial charge in [-0.25, -0.2) is 9.59 Å². The number of carbonyl (C=O) groups excluding carboxylic acids is 3. The number of rotatable bonds is 1. The molecule has 0 aliphatic carbocycles. The highest BCUT2D eigenvalue weighted by Crippen LogP contribution is 1.97. The van der Waals surface area contributed by atoms with Crippen LogP contribution < -0.4 is 16.4 Å². The molecule has 4 N–H and O–H groups in total. The standard InChI is InChI=1S/C9H9N3O3/c10-8(14)12-9(15)11-7(13)6-4-2-1-3-5-6/h1-5H,(H4,10,11,12,13,14,15). The Morgan fingerprint density at radius 1 is 1.00 bits per heavy atom. The van der Waals surface area contributed by atoms with E-state index in [1.807, 2.05) is 5.32 Å². The van der Waals surface area contributed by atoms with Crippen molar-refractivity contribution in [3.63, 3.8) is 0 Å². The smallest absolute Gasteiger partial charge is 0.329 e. The lowest BCUT2D eigenvalue weighted by molar-refractivity contribution is 0.0965. The number of carbonyl (C=O) groups is 3. The molecule has 0 aliphatic heterocycles. The van der Waals surface area contributed by atoms with Gasteiger partial charge in [-0.15, -0.1) is 0 Å². The summed E-state index contributed by atoms with van der Waals surface area (Å²) in [5.41, 5.74) is 5.00. The van der Waals surface area contributed by atoms with E-state index in [1.54, 1.807) is 23.5 Å². The van der Waals surface area contributed by atoms with Crippen LogP contribution in [0.3, 0.4) is 0 Å². The van der Waals surface area contributed by atoms with Gasteiger partial charge in [-0.2, -0.15) is 0 Å². The summed E-state index contributed by atoms with van der Waals surface area (Å²) in [5.74, 6) is -0.602. The van der Waals surface area contributed by atoms with Gasteiger partial charge in [0.2, 0.25) is 0 Å². The van der Waals surface area contributed by atoms with Crippen molar-refractivity contribution in [1.82, 2.24) is 10.6 Å². The molecule has 6 heteroatoms. The molecule has 0 aliphatic rings. The van der Waals surface area contributed by atoms with E-state index in [1.165, 1.54) is 12.1 Å². The minimum Gasteiger partial charge on any atom is -0.351 e. The second-order valence-electron chi connectivity index (χ2n) is 2.64. The van der Waals surface area contributed by atoms with E-state index in [0.29, 0.717) is 5.56 Å². The number of nitrogens with one attached hydrogen (secondary N) is 2. The number of imide groups is 2. The zero-order chi connectivity index (χ0) is 11.3. The molecule has 1 rings (SSSR count). The summed E-state index contributed by atoms with van der Waals surface area (Å²) in [4.78, 5) is 32.5. The fourth-order valence-corrected chi connectivity index (χ4v) is 0.908. The molecule has 0 saturated carbocycles. The highest BCUT2D eigenvalue weighted by atomic mass is 16.2. The Hall–Kier alpha value is -2.37. The van der Waals surface area contributed by atoms with Gasteiger partial charge < -0.3 is 5.73 Å². The van der Waals surface area contributed by atoms with Crippen LogP contribution in [0.5, 0.6) is 0 Å². The normalized spacial score (nSPS) is 9.07. The lowest BCUT2D eigenvalue weighted by Gasteiger charge is -2.02. The predicted octanol–water partition coefficient (Wildman–Crippen LogP) is 0.205. The zero-order valence-corrected chi connectivity index (χ0v) is 7.69. The first-order valence-corrected chi connectivity index (χ1v) is 4.06. The van der Waals surface area contributed by atoms with Gasteiger partial charge in [0, 0.05) is 5.56 Å². The number of hydrogen-bond acceptors (Lipinski definition) is 3. The molecule has 0 fully saturated rings. The summed E-state index contributed by atoms with van der Waals surface area (Å²) in [6, 6.07) is 6.15. The molecule has 0 unspecified atom stereocenters. The molecule has 1 aromatic carbocycles. The lowest BCUT2D eigenvalue weighted by Crippen LogP contribution is -2.44. The van der Waals surface area contributed by atoms with Crippen LogP contribution >= 0.6 is 0 Å². The predicted molar refractivity (Wildman–Crippen MR) is 52.0 cm³/mol. The first kappa shape index (κ1) is 10.7. The molecule has 0 spiro atoms. The van der Waals surface area contributed by atoms with Crippen LogP contribution in [0.25, 0.3) is 0 Å². The van der Waals surface area contributed by atoms with Gasteiger partial charge in [-0.1, -0.05) is 18.2 Å². The average Bonchev–Trinajstić information content (AvgIpc) is 2.17. The molecule has 15 heavy (non-hydrogen) atoms. The van der Waals surface area contributed by atoms with Crippen molar-refractivity contribution in [3.05, 3.63) is 35.9 Å². The summed E-state index contributed by atoms with van der Waals surface area (Å²) in [6.45, 7) is 0. The van der Waals surface area contributed by atoms with E-state index in [0.717, 1.165) is 0 Å². The SMILES string of the molecule is NC(=O)NC(=O)NC(=O)c1ccccc1. The maximum Gasteiger partial charge on any atom is 0.329 e. The minimum atomic E-state index is -1.02. The van der Waals surface area contributed by atoms with E-state index < -0.39 is 18.0 Å². The molecule has 0 aromatic heterocycles. The van der Waals surface area contributed by atoms with Crippen LogP contribution in [0.4, 0.5) is 9.59 Å². The molecule has 78 valence electrons. The van der Waals surface area contributed by atoms with Gasteiger partial charge in [0.15, 0.2) is 0 Å². The van der Waals surface area contributed by atoms with Crippen molar-refractivity contribution in [2.75, 3.05) is 0 Å². The fraction of sp³-hybridized carbons (Fsp3) is 0. The topological polar surface area (TPSA) is 101 Å². The van der Waals surface area contributed by atoms with Gasteiger partial charge in [0.25, 0.3) is 5.91 Å². The van der Waals surface area contributed by atoms with Crippen molar-refractivity contribution in [1.29, 1.82) is 0 Å². The van der Waals surface area contributed by atoms with Gasteiger partial charge in [-0.05, 0) is 12.1 Å². The third-order valence-electron chi connectivity index (χ3n) is 1.50. The fourth-order valence-electron chi connectivity index (χ4n) is 0.908. The first-order valence-electron chi connectivity index (χ1n) is 4.06. The number of nitrogens with two attached hydrogens (primary N) is 1. The molecule has 0 bridgehead atoms. The monoisotopic (exact) mass is 207 g/mol. The first-order chi connectivity index (χ1) is 7.09. The molecule has 5 amide bonds. The Kier molecular flexibility index (Phi) is 3.39. The van der Waals surface area contributed by atoms with E-state index in [4.69, 9.17) is 0 Å².